The number of hydrogen-bond acceptors (Lipinski definition) is 4. The standard InChI is InChI=1S/C56H97O4Si4.Zr/c1-35(2)61(36(3)4,37(5)6)57-51-31-33-53(59-63(41(13)14,42(15)16)43(17)18)55-47(27-29-49(51)55)25-26-48-28-30-50-52(58-62(38(7)8,39(9)10)40(11)12)32-34-54(56(48)50)60-64(44(19)20,45(21)22)46(23)24;/h25,27-48H,26H2,1-24H3;. The maximum absolute atomic E-state index is 7.75. The Morgan fingerprint density at radius 1 is 0.369 bits per heavy atom. The van der Waals surface area contributed by atoms with Crippen LogP contribution in [0, 0.1) is 0 Å². The average Bonchev–Trinajstić information content (AvgIpc) is 3.82. The zero-order valence-corrected chi connectivity index (χ0v) is 52.6. The van der Waals surface area contributed by atoms with Crippen LogP contribution in [0.15, 0.2) is 36.4 Å². The van der Waals surface area contributed by atoms with E-state index < -0.39 is 33.3 Å². The first-order valence-electron chi connectivity index (χ1n) is 26.2. The Bertz CT molecular complexity index is 1870. The Hall–Kier alpha value is -1.13. The fourth-order valence-electron chi connectivity index (χ4n) is 14.4. The molecule has 2 aromatic carbocycles. The van der Waals surface area contributed by atoms with Gasteiger partial charge in [-0.05, 0) is 0 Å². The first-order chi connectivity index (χ1) is 30.0. The van der Waals surface area contributed by atoms with E-state index in [-0.39, 0.29) is 11.8 Å². The monoisotopic (exact) mass is 1040 g/mol. The molecule has 2 aliphatic carbocycles. The van der Waals surface area contributed by atoms with Gasteiger partial charge in [-0.3, -0.25) is 0 Å². The summed E-state index contributed by atoms with van der Waals surface area (Å²) < 4.78 is 31.1. The molecule has 0 fully saturated rings. The van der Waals surface area contributed by atoms with Crippen LogP contribution in [0.5, 0.6) is 23.0 Å². The Morgan fingerprint density at radius 2 is 0.615 bits per heavy atom. The fraction of sp³-hybridized carbons (Fsp3) is 0.714. The van der Waals surface area contributed by atoms with Crippen LogP contribution in [0.4, 0.5) is 0 Å². The molecule has 0 amide bonds. The summed E-state index contributed by atoms with van der Waals surface area (Å²) in [6, 6.07) is 9.23. The Labute approximate surface area is 421 Å². The van der Waals surface area contributed by atoms with Gasteiger partial charge in [0.05, 0.1) is 0 Å². The summed E-state index contributed by atoms with van der Waals surface area (Å²) in [4.78, 5) is 0. The number of rotatable bonds is 23. The molecule has 0 spiro atoms. The third-order valence-electron chi connectivity index (χ3n) is 17.0. The van der Waals surface area contributed by atoms with Crippen LogP contribution in [0.1, 0.15) is 207 Å². The fourth-order valence-corrected chi connectivity index (χ4v) is 36.7. The molecule has 4 nitrogen and oxygen atoms in total. The summed E-state index contributed by atoms with van der Waals surface area (Å²) in [5.74, 6) is 4.78. The molecular formula is C56H97O4Si4Zr. The molecule has 3 unspecified atom stereocenters. The molecule has 0 saturated heterocycles. The first-order valence-corrected chi connectivity index (χ1v) is 36.2. The van der Waals surface area contributed by atoms with Gasteiger partial charge >= 0.3 is 424 Å². The molecule has 9 heteroatoms. The molecule has 365 valence electrons. The van der Waals surface area contributed by atoms with Crippen LogP contribution >= 0.6 is 0 Å². The number of allylic oxidation sites excluding steroid dienone is 2. The molecule has 0 heterocycles. The van der Waals surface area contributed by atoms with E-state index >= 15 is 0 Å². The third kappa shape index (κ3) is 10.2. The first kappa shape index (κ1) is 56.5. The van der Waals surface area contributed by atoms with Crippen molar-refractivity contribution < 1.29 is 42.4 Å². The molecule has 0 radical (unpaired) electrons. The second-order valence-corrected chi connectivity index (χ2v) is 47.5. The van der Waals surface area contributed by atoms with Gasteiger partial charge in [0.15, 0.2) is 0 Å². The molecule has 0 aliphatic heterocycles. The summed E-state index contributed by atoms with van der Waals surface area (Å²) in [6.07, 6.45) is 10.9. The van der Waals surface area contributed by atoms with Crippen LogP contribution in [-0.2, 0) is 24.7 Å². The molecule has 65 heavy (non-hydrogen) atoms. The van der Waals surface area contributed by atoms with E-state index in [4.69, 9.17) is 17.7 Å². The SMILES string of the molecule is CC(C)[Si](Oc1ccc(O[Si](C(C)C)(C(C)C)C(C)C)c2c1C=CC2C[CH]([Zr])C1C=Cc2c(O[Si](C(C)C)(C(C)C)C(C)C)ccc(O[Si](C(C)C)(C(C)C)C(C)C)c21)(C(C)C)C(C)C. The Kier molecular flexibility index (Phi) is 19.0. The predicted octanol–water partition coefficient (Wildman–Crippen LogP) is 19.6. The van der Waals surface area contributed by atoms with Gasteiger partial charge in [0.25, 0.3) is 0 Å². The second-order valence-electron chi connectivity index (χ2n) is 24.1. The van der Waals surface area contributed by atoms with Crippen LogP contribution in [0.2, 0.25) is 70.1 Å². The summed E-state index contributed by atoms with van der Waals surface area (Å²) in [5, 5.41) is 0. The summed E-state index contributed by atoms with van der Waals surface area (Å²) in [7, 11) is -9.00. The van der Waals surface area contributed by atoms with Gasteiger partial charge in [-0.25, -0.2) is 0 Å². The Morgan fingerprint density at radius 3 is 0.923 bits per heavy atom. The van der Waals surface area contributed by atoms with Gasteiger partial charge in [0.2, 0.25) is 0 Å². The van der Waals surface area contributed by atoms with Crippen molar-refractivity contribution in [3.8, 4) is 23.0 Å². The van der Waals surface area contributed by atoms with E-state index in [0.717, 1.165) is 29.4 Å². The molecule has 4 rings (SSSR count). The van der Waals surface area contributed by atoms with Gasteiger partial charge in [0.1, 0.15) is 0 Å². The second kappa shape index (κ2) is 21.9. The van der Waals surface area contributed by atoms with Crippen molar-refractivity contribution in [1.29, 1.82) is 0 Å². The van der Waals surface area contributed by atoms with E-state index in [1.807, 2.05) is 0 Å². The van der Waals surface area contributed by atoms with E-state index in [2.05, 4.69) is 215 Å². The molecule has 0 saturated carbocycles. The molecule has 3 atom stereocenters. The molecule has 0 aromatic heterocycles. The quantitative estimate of drug-likeness (QED) is 0.104. The van der Waals surface area contributed by atoms with Crippen molar-refractivity contribution in [1.82, 2.24) is 0 Å². The zero-order valence-electron chi connectivity index (χ0n) is 46.1. The minimum atomic E-state index is -2.27. The van der Waals surface area contributed by atoms with Gasteiger partial charge < -0.3 is 0 Å². The van der Waals surface area contributed by atoms with Crippen molar-refractivity contribution in [2.75, 3.05) is 0 Å². The van der Waals surface area contributed by atoms with Crippen LogP contribution in [0.25, 0.3) is 12.2 Å². The topological polar surface area (TPSA) is 36.9 Å². The van der Waals surface area contributed by atoms with Crippen LogP contribution < -0.4 is 17.7 Å². The predicted molar refractivity (Wildman–Crippen MR) is 292 cm³/mol. The molecular weight excluding hydrogens is 940 g/mol. The van der Waals surface area contributed by atoms with Crippen LogP contribution in [-0.4, -0.2) is 33.3 Å². The van der Waals surface area contributed by atoms with Gasteiger partial charge in [-0.15, -0.1) is 0 Å². The van der Waals surface area contributed by atoms with E-state index in [0.29, 0.717) is 70.1 Å². The zero-order chi connectivity index (χ0) is 49.5. The van der Waals surface area contributed by atoms with E-state index in [1.54, 1.807) is 24.7 Å². The number of hydrogen-bond donors (Lipinski definition) is 0. The molecule has 0 N–H and O–H groups in total. The number of benzene rings is 2. The maximum atomic E-state index is 7.75. The minimum absolute atomic E-state index is 0.221. The summed E-state index contributed by atoms with van der Waals surface area (Å²) in [5.41, 5.74) is 11.0. The summed E-state index contributed by atoms with van der Waals surface area (Å²) in [6.45, 7) is 57.7. The van der Waals surface area contributed by atoms with Gasteiger partial charge in [-0.2, -0.15) is 0 Å². The van der Waals surface area contributed by atoms with Gasteiger partial charge in [0, 0.05) is 0 Å². The van der Waals surface area contributed by atoms with E-state index in [1.165, 1.54) is 22.3 Å². The molecule has 2 aliphatic rings. The van der Waals surface area contributed by atoms with Crippen molar-refractivity contribution in [3.05, 3.63) is 58.7 Å². The molecule has 0 bridgehead atoms. The normalized spacial score (nSPS) is 17.6. The van der Waals surface area contributed by atoms with E-state index in [9.17, 15) is 0 Å². The average molecular weight is 1040 g/mol. The van der Waals surface area contributed by atoms with Crippen molar-refractivity contribution in [2.45, 2.75) is 255 Å². The van der Waals surface area contributed by atoms with Crippen LogP contribution in [0.3, 0.4) is 0 Å². The number of fused-ring (bicyclic) bond motifs is 2. The van der Waals surface area contributed by atoms with Crippen molar-refractivity contribution >= 4 is 45.4 Å². The summed E-state index contributed by atoms with van der Waals surface area (Å²) >= 11 is 1.55. The van der Waals surface area contributed by atoms with Gasteiger partial charge in [-0.1, -0.05) is 0 Å². The Balaban J connectivity index is 1.96. The molecule has 2 aromatic rings. The third-order valence-corrected chi connectivity index (χ3v) is 42.4. The van der Waals surface area contributed by atoms with Crippen molar-refractivity contribution in [2.24, 2.45) is 0 Å². The van der Waals surface area contributed by atoms with Crippen molar-refractivity contribution in [3.63, 3.8) is 0 Å².